The van der Waals surface area contributed by atoms with E-state index in [9.17, 15) is 0 Å². The normalized spacial score (nSPS) is 24.9. The summed E-state index contributed by atoms with van der Waals surface area (Å²) in [6, 6.07) is 9.62. The average Bonchev–Trinajstić information content (AvgIpc) is 2.65. The Labute approximate surface area is 123 Å². The highest BCUT2D eigenvalue weighted by atomic mass is 16.5. The fourth-order valence-electron chi connectivity index (χ4n) is 3.12. The van der Waals surface area contributed by atoms with Crippen LogP contribution in [0.2, 0.25) is 0 Å². The molecule has 1 aliphatic carbocycles. The fraction of sp³-hybridized carbons (Fsp3) is 0.667. The van der Waals surface area contributed by atoms with Crippen LogP contribution in [0.3, 0.4) is 0 Å². The van der Waals surface area contributed by atoms with E-state index in [4.69, 9.17) is 4.74 Å². The maximum Gasteiger partial charge on any atom is 0.119 e. The number of rotatable bonds is 5. The van der Waals surface area contributed by atoms with Gasteiger partial charge >= 0.3 is 0 Å². The molecule has 2 heteroatoms. The van der Waals surface area contributed by atoms with Gasteiger partial charge in [0.25, 0.3) is 0 Å². The summed E-state index contributed by atoms with van der Waals surface area (Å²) in [6.07, 6.45) is 6.78. The summed E-state index contributed by atoms with van der Waals surface area (Å²) in [5, 5.41) is 3.81. The second-order valence-electron chi connectivity index (χ2n) is 6.20. The summed E-state index contributed by atoms with van der Waals surface area (Å²) in [4.78, 5) is 0. The lowest BCUT2D eigenvalue weighted by Gasteiger charge is -2.22. The van der Waals surface area contributed by atoms with Crippen LogP contribution >= 0.6 is 0 Å². The van der Waals surface area contributed by atoms with E-state index in [0.29, 0.717) is 12.1 Å². The van der Waals surface area contributed by atoms with Gasteiger partial charge in [-0.05, 0) is 56.7 Å². The Balaban J connectivity index is 1.88. The van der Waals surface area contributed by atoms with Gasteiger partial charge < -0.3 is 10.1 Å². The zero-order valence-corrected chi connectivity index (χ0v) is 13.2. The molecule has 1 aliphatic rings. The minimum atomic E-state index is 0.420. The topological polar surface area (TPSA) is 21.3 Å². The third kappa shape index (κ3) is 4.52. The predicted octanol–water partition coefficient (Wildman–Crippen LogP) is 4.70. The molecule has 1 N–H and O–H groups in total. The Hall–Kier alpha value is -1.02. The van der Waals surface area contributed by atoms with Crippen LogP contribution in [0.15, 0.2) is 24.3 Å². The van der Waals surface area contributed by atoms with Crippen molar-refractivity contribution in [2.45, 2.75) is 65.0 Å². The van der Waals surface area contributed by atoms with E-state index < -0.39 is 0 Å². The largest absolute Gasteiger partial charge is 0.494 e. The van der Waals surface area contributed by atoms with Crippen LogP contribution in [0.25, 0.3) is 0 Å². The minimum Gasteiger partial charge on any atom is -0.494 e. The average molecular weight is 275 g/mol. The van der Waals surface area contributed by atoms with Crippen molar-refractivity contribution in [1.82, 2.24) is 5.32 Å². The first-order chi connectivity index (χ1) is 9.69. The molecule has 3 unspecified atom stereocenters. The number of hydrogen-bond donors (Lipinski definition) is 1. The van der Waals surface area contributed by atoms with Crippen molar-refractivity contribution in [3.05, 3.63) is 29.8 Å². The van der Waals surface area contributed by atoms with Gasteiger partial charge in [0.1, 0.15) is 5.75 Å². The molecule has 112 valence electrons. The molecule has 1 aromatic rings. The molecule has 0 saturated heterocycles. The van der Waals surface area contributed by atoms with Crippen LogP contribution in [-0.2, 0) is 0 Å². The zero-order chi connectivity index (χ0) is 14.4. The van der Waals surface area contributed by atoms with Gasteiger partial charge in [0, 0.05) is 12.1 Å². The van der Waals surface area contributed by atoms with E-state index in [2.05, 4.69) is 43.4 Å². The van der Waals surface area contributed by atoms with E-state index in [1.54, 1.807) is 0 Å². The lowest BCUT2D eigenvalue weighted by Crippen LogP contribution is -2.31. The van der Waals surface area contributed by atoms with Crippen molar-refractivity contribution in [1.29, 1.82) is 0 Å². The van der Waals surface area contributed by atoms with E-state index >= 15 is 0 Å². The first-order valence-electron chi connectivity index (χ1n) is 8.17. The number of ether oxygens (including phenoxy) is 1. The van der Waals surface area contributed by atoms with Crippen LogP contribution in [0.4, 0.5) is 0 Å². The van der Waals surface area contributed by atoms with Gasteiger partial charge in [-0.3, -0.25) is 0 Å². The predicted molar refractivity (Wildman–Crippen MR) is 85.2 cm³/mol. The Morgan fingerprint density at radius 2 is 1.90 bits per heavy atom. The Morgan fingerprint density at radius 1 is 1.15 bits per heavy atom. The highest BCUT2D eigenvalue weighted by Crippen LogP contribution is 2.25. The molecular weight excluding hydrogens is 246 g/mol. The SMILES string of the molecule is CCOc1ccc(C(C)NC2CCCC(C)CC2)cc1. The highest BCUT2D eigenvalue weighted by Gasteiger charge is 2.18. The van der Waals surface area contributed by atoms with E-state index in [0.717, 1.165) is 18.3 Å². The lowest BCUT2D eigenvalue weighted by atomic mass is 10.0. The standard InChI is InChI=1S/C18H29NO/c1-4-20-18-12-9-16(10-13-18)15(3)19-17-7-5-6-14(2)8-11-17/h9-10,12-15,17,19H,4-8,11H2,1-3H3. The van der Waals surface area contributed by atoms with Gasteiger partial charge in [0.2, 0.25) is 0 Å². The number of hydrogen-bond acceptors (Lipinski definition) is 2. The Kier molecular flexibility index (Phi) is 5.90. The summed E-state index contributed by atoms with van der Waals surface area (Å²) < 4.78 is 5.50. The molecule has 0 aromatic heterocycles. The second-order valence-corrected chi connectivity index (χ2v) is 6.20. The number of nitrogens with one attached hydrogen (secondary N) is 1. The van der Waals surface area contributed by atoms with Gasteiger partial charge in [0.05, 0.1) is 6.61 Å². The monoisotopic (exact) mass is 275 g/mol. The fourth-order valence-corrected chi connectivity index (χ4v) is 3.12. The molecule has 1 saturated carbocycles. The maximum absolute atomic E-state index is 5.50. The lowest BCUT2D eigenvalue weighted by molar-refractivity contribution is 0.340. The van der Waals surface area contributed by atoms with E-state index in [-0.39, 0.29) is 0 Å². The van der Waals surface area contributed by atoms with Crippen molar-refractivity contribution in [2.75, 3.05) is 6.61 Å². The third-order valence-corrected chi connectivity index (χ3v) is 4.43. The first-order valence-corrected chi connectivity index (χ1v) is 8.17. The van der Waals surface area contributed by atoms with Gasteiger partial charge in [-0.1, -0.05) is 31.9 Å². The number of benzene rings is 1. The Bertz CT molecular complexity index is 387. The van der Waals surface area contributed by atoms with Crippen molar-refractivity contribution in [3.8, 4) is 5.75 Å². The molecule has 20 heavy (non-hydrogen) atoms. The summed E-state index contributed by atoms with van der Waals surface area (Å²) in [5.74, 6) is 1.87. The van der Waals surface area contributed by atoms with Crippen LogP contribution in [0.1, 0.15) is 64.5 Å². The van der Waals surface area contributed by atoms with Crippen molar-refractivity contribution in [3.63, 3.8) is 0 Å². The molecule has 0 aliphatic heterocycles. The third-order valence-electron chi connectivity index (χ3n) is 4.43. The molecule has 1 fully saturated rings. The van der Waals surface area contributed by atoms with Crippen molar-refractivity contribution < 1.29 is 4.74 Å². The van der Waals surface area contributed by atoms with Gasteiger partial charge in [-0.2, -0.15) is 0 Å². The molecule has 0 heterocycles. The molecule has 1 aromatic carbocycles. The Morgan fingerprint density at radius 3 is 2.60 bits per heavy atom. The molecule has 2 rings (SSSR count). The quantitative estimate of drug-likeness (QED) is 0.786. The summed E-state index contributed by atoms with van der Waals surface area (Å²) in [6.45, 7) is 7.40. The smallest absolute Gasteiger partial charge is 0.119 e. The molecule has 0 bridgehead atoms. The zero-order valence-electron chi connectivity index (χ0n) is 13.2. The van der Waals surface area contributed by atoms with Gasteiger partial charge in [0.15, 0.2) is 0 Å². The molecule has 3 atom stereocenters. The second kappa shape index (κ2) is 7.68. The molecule has 2 nitrogen and oxygen atoms in total. The van der Waals surface area contributed by atoms with Crippen molar-refractivity contribution >= 4 is 0 Å². The van der Waals surface area contributed by atoms with Crippen LogP contribution in [-0.4, -0.2) is 12.6 Å². The van der Waals surface area contributed by atoms with Gasteiger partial charge in [-0.25, -0.2) is 0 Å². The van der Waals surface area contributed by atoms with Gasteiger partial charge in [-0.15, -0.1) is 0 Å². The van der Waals surface area contributed by atoms with Crippen molar-refractivity contribution in [2.24, 2.45) is 5.92 Å². The van der Waals surface area contributed by atoms with Crippen LogP contribution in [0.5, 0.6) is 5.75 Å². The molecular formula is C18H29NO. The van der Waals surface area contributed by atoms with E-state index in [1.807, 2.05) is 6.92 Å². The summed E-state index contributed by atoms with van der Waals surface area (Å²) >= 11 is 0. The minimum absolute atomic E-state index is 0.420. The summed E-state index contributed by atoms with van der Waals surface area (Å²) in [5.41, 5.74) is 1.35. The molecule has 0 radical (unpaired) electrons. The maximum atomic E-state index is 5.50. The van der Waals surface area contributed by atoms with Crippen LogP contribution < -0.4 is 10.1 Å². The molecule has 0 amide bonds. The molecule has 0 spiro atoms. The first kappa shape index (κ1) is 15.4. The van der Waals surface area contributed by atoms with Crippen LogP contribution in [0, 0.1) is 5.92 Å². The van der Waals surface area contributed by atoms with E-state index in [1.165, 1.54) is 37.7 Å². The summed E-state index contributed by atoms with van der Waals surface area (Å²) in [7, 11) is 0. The highest BCUT2D eigenvalue weighted by molar-refractivity contribution is 5.29.